The summed E-state index contributed by atoms with van der Waals surface area (Å²) in [6.45, 7) is 1.32. The van der Waals surface area contributed by atoms with Crippen LogP contribution in [0.1, 0.15) is 6.92 Å². The Hall–Kier alpha value is 0.774. The fourth-order valence-corrected chi connectivity index (χ4v) is 0. The van der Waals surface area contributed by atoms with E-state index in [9.17, 15) is 0 Å². The van der Waals surface area contributed by atoms with Crippen molar-refractivity contribution in [1.29, 1.82) is 0 Å². The average Bonchev–Trinajstić information content (AvgIpc) is 0.918. The van der Waals surface area contributed by atoms with Crippen molar-refractivity contribution in [2.45, 2.75) is 6.92 Å². The standard InChI is InChI=1S/C2H3O.Y/c1-2-3;/h1H3;/q-1;+3. The maximum absolute atomic E-state index is 8.68. The van der Waals surface area contributed by atoms with Crippen LogP contribution in [0.3, 0.4) is 0 Å². The van der Waals surface area contributed by atoms with Crippen molar-refractivity contribution in [1.82, 2.24) is 0 Å². The van der Waals surface area contributed by atoms with Gasteiger partial charge in [0.2, 0.25) is 0 Å². The van der Waals surface area contributed by atoms with Crippen LogP contribution >= 0.6 is 0 Å². The van der Waals surface area contributed by atoms with Crippen molar-refractivity contribution in [2.24, 2.45) is 0 Å². The summed E-state index contributed by atoms with van der Waals surface area (Å²) in [5.74, 6) is 0. The van der Waals surface area contributed by atoms with E-state index < -0.39 is 0 Å². The Morgan fingerprint density at radius 2 is 1.75 bits per heavy atom. The largest absolute Gasteiger partial charge is 3.00 e. The third-order valence-corrected chi connectivity index (χ3v) is 0. The van der Waals surface area contributed by atoms with Gasteiger partial charge in [-0.15, -0.1) is 0 Å². The van der Waals surface area contributed by atoms with Gasteiger partial charge in [-0.1, -0.05) is 0 Å². The van der Waals surface area contributed by atoms with Crippen LogP contribution in [0.15, 0.2) is 0 Å². The summed E-state index contributed by atoms with van der Waals surface area (Å²) in [5, 5.41) is 0. The smallest absolute Gasteiger partial charge is 0.542 e. The molecule has 2 heteroatoms. The summed E-state index contributed by atoms with van der Waals surface area (Å²) in [4.78, 5) is 8.68. The first-order valence-electron chi connectivity index (χ1n) is 0.704. The third-order valence-electron chi connectivity index (χ3n) is 0. The topological polar surface area (TPSA) is 17.1 Å². The van der Waals surface area contributed by atoms with Gasteiger partial charge in [-0.25, -0.2) is 0 Å². The van der Waals surface area contributed by atoms with Crippen molar-refractivity contribution in [3.05, 3.63) is 0 Å². The molecule has 1 nitrogen and oxygen atoms in total. The van der Waals surface area contributed by atoms with Gasteiger partial charge in [0.25, 0.3) is 0 Å². The van der Waals surface area contributed by atoms with Crippen LogP contribution < -0.4 is 0 Å². The number of hydrogen-bond acceptors (Lipinski definition) is 1. The molecule has 0 N–H and O–H groups in total. The monoisotopic (exact) mass is 132 g/mol. The fraction of sp³-hybridized carbons (Fsp3) is 0.500. The van der Waals surface area contributed by atoms with Gasteiger partial charge in [-0.05, 0) is 0 Å². The van der Waals surface area contributed by atoms with E-state index in [0.29, 0.717) is 0 Å². The van der Waals surface area contributed by atoms with Crippen LogP contribution in [0.4, 0.5) is 0 Å². The first kappa shape index (κ1) is 8.84. The summed E-state index contributed by atoms with van der Waals surface area (Å²) < 4.78 is 0. The molecule has 4 heavy (non-hydrogen) atoms. The van der Waals surface area contributed by atoms with E-state index in [4.69, 9.17) is 4.79 Å². The van der Waals surface area contributed by atoms with Gasteiger partial charge in [-0.2, -0.15) is 6.92 Å². The Morgan fingerprint density at radius 1 is 1.75 bits per heavy atom. The fourth-order valence-electron chi connectivity index (χ4n) is 0. The summed E-state index contributed by atoms with van der Waals surface area (Å²) >= 11 is 0. The molecule has 0 bridgehead atoms. The predicted octanol–water partition coefficient (Wildman–Crippen LogP) is 0.113. The third kappa shape index (κ3) is 14.6. The minimum atomic E-state index is 0. The Bertz CT molecular complexity index is 13.5. The summed E-state index contributed by atoms with van der Waals surface area (Å²) in [7, 11) is 0. The normalized spacial score (nSPS) is 3.25. The van der Waals surface area contributed by atoms with Crippen molar-refractivity contribution >= 4 is 6.29 Å². The van der Waals surface area contributed by atoms with Crippen LogP contribution in [-0.4, -0.2) is 6.29 Å². The van der Waals surface area contributed by atoms with Gasteiger partial charge in [0.1, 0.15) is 0 Å². The predicted molar refractivity (Wildman–Crippen MR) is 11.4 cm³/mol. The van der Waals surface area contributed by atoms with Gasteiger partial charge in [0.15, 0.2) is 0 Å². The SMILES string of the molecule is C[C-]=O.[Y+3]. The second kappa shape index (κ2) is 9.23. The van der Waals surface area contributed by atoms with E-state index in [-0.39, 0.29) is 32.7 Å². The second-order valence-electron chi connectivity index (χ2n) is 0.204. The maximum atomic E-state index is 8.68. The van der Waals surface area contributed by atoms with Crippen LogP contribution in [0.2, 0.25) is 0 Å². The van der Waals surface area contributed by atoms with Crippen LogP contribution in [0.5, 0.6) is 0 Å². The molecule has 0 saturated carbocycles. The Kier molecular flexibility index (Phi) is 20.4. The van der Waals surface area contributed by atoms with E-state index in [0.717, 1.165) is 0 Å². The molecule has 0 unspecified atom stereocenters. The van der Waals surface area contributed by atoms with E-state index in [2.05, 4.69) is 0 Å². The summed E-state index contributed by atoms with van der Waals surface area (Å²) in [5.41, 5.74) is 0. The van der Waals surface area contributed by atoms with Crippen molar-refractivity contribution in [3.8, 4) is 0 Å². The van der Waals surface area contributed by atoms with Gasteiger partial charge >= 0.3 is 32.7 Å². The molecule has 0 fully saturated rings. The molecular weight excluding hydrogens is 129 g/mol. The Morgan fingerprint density at radius 3 is 1.75 bits per heavy atom. The van der Waals surface area contributed by atoms with Gasteiger partial charge in [0, 0.05) is 0 Å². The quantitative estimate of drug-likeness (QED) is 0.427. The van der Waals surface area contributed by atoms with E-state index in [1.54, 1.807) is 0 Å². The molecule has 18 valence electrons. The van der Waals surface area contributed by atoms with E-state index in [1.807, 2.05) is 0 Å². The van der Waals surface area contributed by atoms with Crippen molar-refractivity contribution in [2.75, 3.05) is 0 Å². The number of hydrogen-bond donors (Lipinski definition) is 0. The van der Waals surface area contributed by atoms with Crippen molar-refractivity contribution in [3.63, 3.8) is 0 Å². The maximum Gasteiger partial charge on any atom is 3.00 e. The first-order valence-corrected chi connectivity index (χ1v) is 0.704. The molecule has 0 atom stereocenters. The second-order valence-corrected chi connectivity index (χ2v) is 0.204. The zero-order chi connectivity index (χ0) is 2.71. The molecular formula is C2H3OY+2. The summed E-state index contributed by atoms with van der Waals surface area (Å²) in [6, 6.07) is 0. The van der Waals surface area contributed by atoms with Gasteiger partial charge < -0.3 is 4.79 Å². The van der Waals surface area contributed by atoms with E-state index >= 15 is 0 Å². The molecule has 0 saturated heterocycles. The first-order chi connectivity index (χ1) is 1.41. The summed E-state index contributed by atoms with van der Waals surface area (Å²) in [6.07, 6.45) is 1.50. The Balaban J connectivity index is 0. The number of carbonyl (C=O) groups excluding carboxylic acids is 1. The average molecular weight is 132 g/mol. The number of rotatable bonds is 0. The Labute approximate surface area is 50.6 Å². The molecule has 0 amide bonds. The molecule has 0 aliphatic carbocycles. The molecule has 0 aromatic heterocycles. The molecule has 0 aromatic rings. The zero-order valence-electron chi connectivity index (χ0n) is 2.49. The van der Waals surface area contributed by atoms with Crippen molar-refractivity contribution < 1.29 is 37.5 Å². The molecule has 0 rings (SSSR count). The molecule has 0 radical (unpaired) electrons. The zero-order valence-corrected chi connectivity index (χ0v) is 5.32. The molecule has 0 aromatic carbocycles. The van der Waals surface area contributed by atoms with Crippen LogP contribution in [0, 0.1) is 0 Å². The molecule has 0 aliphatic heterocycles. The minimum Gasteiger partial charge on any atom is -0.542 e. The molecule has 0 heterocycles. The minimum absolute atomic E-state index is 0. The van der Waals surface area contributed by atoms with E-state index in [1.165, 1.54) is 13.2 Å². The van der Waals surface area contributed by atoms with Gasteiger partial charge in [0.05, 0.1) is 0 Å². The molecule has 0 aliphatic rings. The van der Waals surface area contributed by atoms with Gasteiger partial charge in [-0.3, -0.25) is 6.29 Å². The van der Waals surface area contributed by atoms with Crippen LogP contribution in [0.25, 0.3) is 0 Å². The molecule has 0 spiro atoms. The van der Waals surface area contributed by atoms with Crippen LogP contribution in [-0.2, 0) is 37.5 Å².